The molecule has 0 radical (unpaired) electrons. The molecule has 102 valence electrons. The summed E-state index contributed by atoms with van der Waals surface area (Å²) in [6.07, 6.45) is 0. The number of benzene rings is 1. The van der Waals surface area contributed by atoms with E-state index >= 15 is 0 Å². The third kappa shape index (κ3) is 2.53. The quantitative estimate of drug-likeness (QED) is 0.797. The number of aryl methyl sites for hydroxylation is 2. The monoisotopic (exact) mass is 286 g/mol. The van der Waals surface area contributed by atoms with Gasteiger partial charge in [-0.05, 0) is 42.5 Å². The molecule has 0 fully saturated rings. The van der Waals surface area contributed by atoms with Gasteiger partial charge in [-0.25, -0.2) is 4.98 Å². The van der Waals surface area contributed by atoms with Crippen LogP contribution in [0.1, 0.15) is 16.4 Å². The summed E-state index contributed by atoms with van der Waals surface area (Å²) in [4.78, 5) is 5.49. The molecule has 0 atom stereocenters. The average Bonchev–Trinajstić information content (AvgIpc) is 3.05. The topological polar surface area (TPSA) is 68.5 Å². The number of anilines is 1. The first-order valence-corrected chi connectivity index (χ1v) is 7.10. The van der Waals surface area contributed by atoms with Crippen LogP contribution in [0.4, 0.5) is 5.69 Å². The van der Waals surface area contributed by atoms with E-state index in [0.717, 1.165) is 29.4 Å². The summed E-state index contributed by atoms with van der Waals surface area (Å²) < 4.78 is 1.71. The highest BCUT2D eigenvalue weighted by Crippen LogP contribution is 2.18. The lowest BCUT2D eigenvalue weighted by molar-refractivity contribution is 0.779. The minimum absolute atomic E-state index is 0.764. The van der Waals surface area contributed by atoms with Crippen molar-refractivity contribution in [2.45, 2.75) is 20.4 Å². The molecule has 3 rings (SSSR count). The maximum atomic E-state index is 4.25. The average molecular weight is 286 g/mol. The lowest BCUT2D eigenvalue weighted by Gasteiger charge is -2.08. The molecule has 2 aromatic heterocycles. The summed E-state index contributed by atoms with van der Waals surface area (Å²) in [5.74, 6) is 0.764. The molecule has 1 aromatic carbocycles. The molecule has 0 saturated heterocycles. The lowest BCUT2D eigenvalue weighted by Crippen LogP contribution is -2.02. The van der Waals surface area contributed by atoms with Gasteiger partial charge in [0.05, 0.1) is 23.4 Å². The van der Waals surface area contributed by atoms with Gasteiger partial charge in [-0.3, -0.25) is 0 Å². The van der Waals surface area contributed by atoms with Gasteiger partial charge in [0.2, 0.25) is 0 Å². The summed E-state index contributed by atoms with van der Waals surface area (Å²) in [6.45, 7) is 4.67. The van der Waals surface area contributed by atoms with Crippen molar-refractivity contribution in [3.8, 4) is 5.69 Å². The van der Waals surface area contributed by atoms with Crippen molar-refractivity contribution in [3.05, 3.63) is 46.2 Å². The number of nitrogens with zero attached hydrogens (tertiary/aromatic N) is 5. The zero-order chi connectivity index (χ0) is 13.9. The van der Waals surface area contributed by atoms with Crippen LogP contribution in [0.3, 0.4) is 0 Å². The first kappa shape index (κ1) is 12.7. The van der Waals surface area contributed by atoms with E-state index in [4.69, 9.17) is 0 Å². The fraction of sp³-hybridized carbons (Fsp3) is 0.231. The lowest BCUT2D eigenvalue weighted by atomic mass is 10.2. The number of rotatable bonds is 4. The van der Waals surface area contributed by atoms with Crippen molar-refractivity contribution < 1.29 is 0 Å². The molecule has 7 heteroatoms. The Morgan fingerprint density at radius 3 is 2.90 bits per heavy atom. The Balaban J connectivity index is 1.78. The highest BCUT2D eigenvalue weighted by molar-refractivity contribution is 7.09. The highest BCUT2D eigenvalue weighted by atomic mass is 32.1. The van der Waals surface area contributed by atoms with Crippen LogP contribution in [-0.2, 0) is 6.54 Å². The third-order valence-electron chi connectivity index (χ3n) is 3.01. The van der Waals surface area contributed by atoms with Gasteiger partial charge in [0.25, 0.3) is 0 Å². The van der Waals surface area contributed by atoms with Crippen LogP contribution in [0.15, 0.2) is 29.8 Å². The molecule has 0 amide bonds. The maximum absolute atomic E-state index is 4.25. The highest BCUT2D eigenvalue weighted by Gasteiger charge is 2.05. The fourth-order valence-electron chi connectivity index (χ4n) is 1.90. The van der Waals surface area contributed by atoms with E-state index in [1.54, 1.807) is 16.0 Å². The maximum Gasteiger partial charge on any atom is 0.153 e. The second kappa shape index (κ2) is 5.38. The molecule has 0 aliphatic carbocycles. The second-order valence-corrected chi connectivity index (χ2v) is 5.34. The van der Waals surface area contributed by atoms with Crippen LogP contribution in [0.2, 0.25) is 0 Å². The number of hydrogen-bond donors (Lipinski definition) is 1. The molecule has 6 nitrogen and oxygen atoms in total. The Kier molecular flexibility index (Phi) is 3.42. The van der Waals surface area contributed by atoms with Crippen LogP contribution in [0.5, 0.6) is 0 Å². The van der Waals surface area contributed by atoms with Crippen LogP contribution in [0, 0.1) is 13.8 Å². The predicted octanol–water partition coefficient (Wildman–Crippen LogP) is 2.35. The minimum atomic E-state index is 0.764. The van der Waals surface area contributed by atoms with E-state index in [1.165, 1.54) is 4.88 Å². The number of hydrogen-bond acceptors (Lipinski definition) is 6. The van der Waals surface area contributed by atoms with Gasteiger partial charge >= 0.3 is 0 Å². The van der Waals surface area contributed by atoms with Gasteiger partial charge in [0.1, 0.15) is 0 Å². The molecular formula is C13H14N6S. The molecule has 0 bridgehead atoms. The van der Waals surface area contributed by atoms with Gasteiger partial charge in [-0.1, -0.05) is 6.07 Å². The summed E-state index contributed by atoms with van der Waals surface area (Å²) >= 11 is 1.66. The van der Waals surface area contributed by atoms with E-state index in [9.17, 15) is 0 Å². The Labute approximate surface area is 120 Å². The largest absolute Gasteiger partial charge is 0.380 e. The van der Waals surface area contributed by atoms with E-state index in [1.807, 2.05) is 43.6 Å². The zero-order valence-electron chi connectivity index (χ0n) is 11.2. The van der Waals surface area contributed by atoms with Crippen LogP contribution < -0.4 is 5.32 Å². The van der Waals surface area contributed by atoms with Gasteiger partial charge in [-0.15, -0.1) is 16.4 Å². The van der Waals surface area contributed by atoms with E-state index in [-0.39, 0.29) is 0 Å². The van der Waals surface area contributed by atoms with Crippen molar-refractivity contribution in [1.82, 2.24) is 25.2 Å². The Hall–Kier alpha value is -2.28. The summed E-state index contributed by atoms with van der Waals surface area (Å²) in [5.41, 5.74) is 4.92. The molecule has 0 aliphatic rings. The molecule has 3 aromatic rings. The number of tetrazole rings is 1. The molecule has 1 N–H and O–H groups in total. The van der Waals surface area contributed by atoms with Crippen molar-refractivity contribution in [2.75, 3.05) is 5.32 Å². The second-order valence-electron chi connectivity index (χ2n) is 4.40. The van der Waals surface area contributed by atoms with Gasteiger partial charge < -0.3 is 5.32 Å². The normalized spacial score (nSPS) is 10.7. The van der Waals surface area contributed by atoms with Crippen LogP contribution in [0.25, 0.3) is 5.69 Å². The molecule has 2 heterocycles. The van der Waals surface area contributed by atoms with Crippen LogP contribution in [-0.4, -0.2) is 25.2 Å². The molecule has 20 heavy (non-hydrogen) atoms. The Morgan fingerprint density at radius 2 is 2.20 bits per heavy atom. The van der Waals surface area contributed by atoms with Crippen molar-refractivity contribution in [3.63, 3.8) is 0 Å². The third-order valence-corrected chi connectivity index (χ3v) is 3.95. The van der Waals surface area contributed by atoms with Gasteiger partial charge in [-0.2, -0.15) is 4.68 Å². The molecule has 0 aliphatic heterocycles. The summed E-state index contributed by atoms with van der Waals surface area (Å²) in [6, 6.07) is 8.02. The SMILES string of the molecule is Cc1ncsc1CNc1cccc(-n2nnnc2C)c1. The Bertz CT molecular complexity index is 717. The first-order valence-electron chi connectivity index (χ1n) is 6.22. The van der Waals surface area contributed by atoms with Gasteiger partial charge in [0.15, 0.2) is 5.82 Å². The smallest absolute Gasteiger partial charge is 0.153 e. The van der Waals surface area contributed by atoms with Crippen molar-refractivity contribution >= 4 is 17.0 Å². The first-order chi connectivity index (χ1) is 9.74. The number of thiazole rings is 1. The minimum Gasteiger partial charge on any atom is -0.380 e. The Morgan fingerprint density at radius 1 is 1.30 bits per heavy atom. The standard InChI is InChI=1S/C13H14N6S/c1-9-13(20-8-15-9)7-14-11-4-3-5-12(6-11)19-10(2)16-17-18-19/h3-6,8,14H,7H2,1-2H3. The predicted molar refractivity (Wildman–Crippen MR) is 78.1 cm³/mol. The molecule has 0 unspecified atom stereocenters. The van der Waals surface area contributed by atoms with Crippen molar-refractivity contribution in [1.29, 1.82) is 0 Å². The summed E-state index contributed by atoms with van der Waals surface area (Å²) in [5, 5.41) is 14.9. The van der Waals surface area contributed by atoms with E-state index in [0.29, 0.717) is 0 Å². The van der Waals surface area contributed by atoms with E-state index in [2.05, 4.69) is 25.8 Å². The van der Waals surface area contributed by atoms with E-state index < -0.39 is 0 Å². The molecule has 0 spiro atoms. The zero-order valence-corrected chi connectivity index (χ0v) is 12.1. The van der Waals surface area contributed by atoms with Crippen LogP contribution >= 0.6 is 11.3 Å². The fourth-order valence-corrected chi connectivity index (χ4v) is 2.61. The number of nitrogens with one attached hydrogen (secondary N) is 1. The molecule has 0 saturated carbocycles. The number of aromatic nitrogens is 5. The van der Waals surface area contributed by atoms with Crippen molar-refractivity contribution in [2.24, 2.45) is 0 Å². The molecular weight excluding hydrogens is 272 g/mol. The van der Waals surface area contributed by atoms with Gasteiger partial charge in [0, 0.05) is 10.6 Å². The summed E-state index contributed by atoms with van der Waals surface area (Å²) in [7, 11) is 0.